The van der Waals surface area contributed by atoms with E-state index in [0.29, 0.717) is 17.8 Å². The van der Waals surface area contributed by atoms with E-state index in [-0.39, 0.29) is 17.3 Å². The molecule has 96 valence electrons. The highest BCUT2D eigenvalue weighted by atomic mass is 16.5. The number of hydrogen-bond donors (Lipinski definition) is 1. The second kappa shape index (κ2) is 4.30. The molecule has 0 spiro atoms. The highest BCUT2D eigenvalue weighted by Crippen LogP contribution is 2.48. The van der Waals surface area contributed by atoms with E-state index in [1.807, 2.05) is 6.92 Å². The topological polar surface area (TPSA) is 29.5 Å². The summed E-state index contributed by atoms with van der Waals surface area (Å²) in [5.41, 5.74) is -0.189. The molecule has 2 heteroatoms. The van der Waals surface area contributed by atoms with Crippen LogP contribution in [0.4, 0.5) is 0 Å². The van der Waals surface area contributed by atoms with Crippen molar-refractivity contribution in [1.29, 1.82) is 0 Å². The average molecular weight is 228 g/mol. The first-order chi connectivity index (χ1) is 7.07. The Bertz CT molecular complexity index is 233. The van der Waals surface area contributed by atoms with Crippen molar-refractivity contribution in [2.45, 2.75) is 72.2 Å². The van der Waals surface area contributed by atoms with Gasteiger partial charge in [0.2, 0.25) is 0 Å². The summed E-state index contributed by atoms with van der Waals surface area (Å²) in [4.78, 5) is 0. The van der Waals surface area contributed by atoms with Gasteiger partial charge in [0.1, 0.15) is 0 Å². The molecule has 1 aliphatic heterocycles. The fourth-order valence-corrected chi connectivity index (χ4v) is 3.56. The van der Waals surface area contributed by atoms with Crippen LogP contribution in [0.5, 0.6) is 0 Å². The van der Waals surface area contributed by atoms with E-state index in [1.54, 1.807) is 0 Å². The zero-order chi connectivity index (χ0) is 12.7. The molecule has 1 N–H and O–H groups in total. The molecule has 0 aromatic heterocycles. The lowest BCUT2D eigenvalue weighted by Crippen LogP contribution is -2.40. The number of aliphatic hydroxyl groups excluding tert-OH is 1. The molecule has 16 heavy (non-hydrogen) atoms. The van der Waals surface area contributed by atoms with Crippen molar-refractivity contribution in [3.8, 4) is 0 Å². The predicted octanol–water partition coefficient (Wildman–Crippen LogP) is 3.23. The van der Waals surface area contributed by atoms with E-state index in [1.165, 1.54) is 0 Å². The van der Waals surface area contributed by atoms with Crippen LogP contribution < -0.4 is 0 Å². The molecule has 3 atom stereocenters. The van der Waals surface area contributed by atoms with Gasteiger partial charge in [0.15, 0.2) is 0 Å². The first-order valence-corrected chi connectivity index (χ1v) is 6.45. The molecule has 0 bridgehead atoms. The monoisotopic (exact) mass is 228 g/mol. The van der Waals surface area contributed by atoms with Crippen molar-refractivity contribution in [3.05, 3.63) is 0 Å². The second-order valence-electron chi connectivity index (χ2n) is 6.84. The highest BCUT2D eigenvalue weighted by molar-refractivity contribution is 4.98. The van der Waals surface area contributed by atoms with Crippen molar-refractivity contribution in [2.75, 3.05) is 0 Å². The fraction of sp³-hybridized carbons (Fsp3) is 1.00. The van der Waals surface area contributed by atoms with E-state index in [9.17, 15) is 5.11 Å². The molecule has 1 saturated heterocycles. The summed E-state index contributed by atoms with van der Waals surface area (Å²) in [6.45, 7) is 14.9. The quantitative estimate of drug-likeness (QED) is 0.803. The number of aliphatic hydroxyl groups is 1. The van der Waals surface area contributed by atoms with Crippen molar-refractivity contribution >= 4 is 0 Å². The molecule has 0 aromatic rings. The molecule has 0 aromatic carbocycles. The summed E-state index contributed by atoms with van der Waals surface area (Å²) in [5, 5.41) is 9.99. The fourth-order valence-electron chi connectivity index (χ4n) is 3.56. The zero-order valence-electron chi connectivity index (χ0n) is 11.9. The van der Waals surface area contributed by atoms with Crippen molar-refractivity contribution in [1.82, 2.24) is 0 Å². The SMILES string of the molecule is CC(C)C(C(C)O)C1CC(C)(C)OC1(C)C. The Morgan fingerprint density at radius 3 is 1.88 bits per heavy atom. The summed E-state index contributed by atoms with van der Waals surface area (Å²) in [7, 11) is 0. The second-order valence-corrected chi connectivity index (χ2v) is 6.84. The van der Waals surface area contributed by atoms with Crippen LogP contribution in [0, 0.1) is 17.8 Å². The van der Waals surface area contributed by atoms with Gasteiger partial charge in [0.05, 0.1) is 17.3 Å². The zero-order valence-corrected chi connectivity index (χ0v) is 11.9. The standard InChI is InChI=1S/C14H28O2/c1-9(2)12(10(3)15)11-8-13(4,5)16-14(11,6)7/h9-12,15H,8H2,1-7H3. The Kier molecular flexibility index (Phi) is 3.76. The smallest absolute Gasteiger partial charge is 0.0666 e. The van der Waals surface area contributed by atoms with Crippen LogP contribution in [0.1, 0.15) is 54.9 Å². The van der Waals surface area contributed by atoms with E-state index in [2.05, 4.69) is 41.5 Å². The summed E-state index contributed by atoms with van der Waals surface area (Å²) in [6, 6.07) is 0. The van der Waals surface area contributed by atoms with Crippen molar-refractivity contribution < 1.29 is 9.84 Å². The molecule has 1 rings (SSSR count). The van der Waals surface area contributed by atoms with Gasteiger partial charge in [-0.05, 0) is 58.8 Å². The molecule has 1 fully saturated rings. The normalized spacial score (nSPS) is 31.7. The molecule has 0 aliphatic carbocycles. The number of ether oxygens (including phenoxy) is 1. The molecular formula is C14H28O2. The molecule has 1 heterocycles. The van der Waals surface area contributed by atoms with E-state index < -0.39 is 0 Å². The number of rotatable bonds is 3. The number of hydrogen-bond acceptors (Lipinski definition) is 2. The summed E-state index contributed by atoms with van der Waals surface area (Å²) < 4.78 is 6.12. The van der Waals surface area contributed by atoms with E-state index >= 15 is 0 Å². The lowest BCUT2D eigenvalue weighted by atomic mass is 9.71. The summed E-state index contributed by atoms with van der Waals surface area (Å²) >= 11 is 0. The Balaban J connectivity index is 2.94. The predicted molar refractivity (Wildman–Crippen MR) is 67.4 cm³/mol. The van der Waals surface area contributed by atoms with Gasteiger partial charge in [-0.1, -0.05) is 13.8 Å². The lowest BCUT2D eigenvalue weighted by molar-refractivity contribution is -0.0903. The van der Waals surface area contributed by atoms with Gasteiger partial charge in [-0.25, -0.2) is 0 Å². The third kappa shape index (κ3) is 2.78. The van der Waals surface area contributed by atoms with Crippen LogP contribution >= 0.6 is 0 Å². The molecule has 2 nitrogen and oxygen atoms in total. The lowest BCUT2D eigenvalue weighted by Gasteiger charge is -2.37. The van der Waals surface area contributed by atoms with Gasteiger partial charge in [0.25, 0.3) is 0 Å². The molecule has 3 unspecified atom stereocenters. The van der Waals surface area contributed by atoms with Gasteiger partial charge in [0, 0.05) is 0 Å². The maximum absolute atomic E-state index is 9.99. The minimum atomic E-state index is -0.262. The van der Waals surface area contributed by atoms with Gasteiger partial charge in [-0.15, -0.1) is 0 Å². The Labute approximate surface area is 100 Å². The van der Waals surface area contributed by atoms with Crippen molar-refractivity contribution in [3.63, 3.8) is 0 Å². The Hall–Kier alpha value is -0.0800. The van der Waals surface area contributed by atoms with Crippen LogP contribution in [-0.4, -0.2) is 22.4 Å². The first kappa shape index (κ1) is 14.0. The minimum absolute atomic E-state index is 0.0593. The molecule has 0 radical (unpaired) electrons. The van der Waals surface area contributed by atoms with Gasteiger partial charge in [-0.2, -0.15) is 0 Å². The van der Waals surface area contributed by atoms with Crippen LogP contribution in [0.2, 0.25) is 0 Å². The molecular weight excluding hydrogens is 200 g/mol. The van der Waals surface area contributed by atoms with Gasteiger partial charge < -0.3 is 9.84 Å². The molecule has 1 aliphatic rings. The highest BCUT2D eigenvalue weighted by Gasteiger charge is 2.50. The Morgan fingerprint density at radius 1 is 1.12 bits per heavy atom. The van der Waals surface area contributed by atoms with Gasteiger partial charge in [-0.3, -0.25) is 0 Å². The van der Waals surface area contributed by atoms with E-state index in [4.69, 9.17) is 4.74 Å². The van der Waals surface area contributed by atoms with Crippen LogP contribution in [0.3, 0.4) is 0 Å². The maximum Gasteiger partial charge on any atom is 0.0666 e. The first-order valence-electron chi connectivity index (χ1n) is 6.45. The van der Waals surface area contributed by atoms with E-state index in [0.717, 1.165) is 6.42 Å². The summed E-state index contributed by atoms with van der Waals surface area (Å²) in [5.74, 6) is 1.24. The largest absolute Gasteiger partial charge is 0.393 e. The third-order valence-electron chi connectivity index (χ3n) is 3.94. The van der Waals surface area contributed by atoms with Crippen LogP contribution in [-0.2, 0) is 4.74 Å². The summed E-state index contributed by atoms with van der Waals surface area (Å²) in [6.07, 6.45) is 0.773. The average Bonchev–Trinajstić information content (AvgIpc) is 2.17. The molecule has 0 amide bonds. The van der Waals surface area contributed by atoms with Crippen molar-refractivity contribution in [2.24, 2.45) is 17.8 Å². The minimum Gasteiger partial charge on any atom is -0.393 e. The Morgan fingerprint density at radius 2 is 1.62 bits per heavy atom. The van der Waals surface area contributed by atoms with Crippen LogP contribution in [0.25, 0.3) is 0 Å². The van der Waals surface area contributed by atoms with Gasteiger partial charge >= 0.3 is 0 Å². The van der Waals surface area contributed by atoms with Crippen LogP contribution in [0.15, 0.2) is 0 Å². The maximum atomic E-state index is 9.99. The molecule has 0 saturated carbocycles. The third-order valence-corrected chi connectivity index (χ3v) is 3.94.